The number of carbonyl (C=O) groups excluding carboxylic acids is 1. The molecular weight excluding hydrogens is 270 g/mol. The van der Waals surface area contributed by atoms with Crippen molar-refractivity contribution in [1.82, 2.24) is 15.2 Å². The zero-order valence-corrected chi connectivity index (χ0v) is 12.9. The average molecular weight is 293 g/mol. The van der Waals surface area contributed by atoms with Crippen molar-refractivity contribution in [1.29, 1.82) is 0 Å². The van der Waals surface area contributed by atoms with Crippen LogP contribution in [0.1, 0.15) is 49.2 Å². The summed E-state index contributed by atoms with van der Waals surface area (Å²) in [7, 11) is 0. The number of thiazole rings is 1. The standard InChI is InChI=1S/C15H23N3OS/c1-2-12-10-20-14(17-12)11-5-4-8-18(9-11)15(19)13-6-3-7-16-13/h10-11,13,16H,2-9H2,1H3. The number of hydrogen-bond acceptors (Lipinski definition) is 4. The van der Waals surface area contributed by atoms with Crippen LogP contribution < -0.4 is 5.32 Å². The molecule has 0 bridgehead atoms. The molecule has 1 aromatic rings. The highest BCUT2D eigenvalue weighted by molar-refractivity contribution is 7.09. The fourth-order valence-electron chi connectivity index (χ4n) is 3.17. The normalized spacial score (nSPS) is 26.9. The lowest BCUT2D eigenvalue weighted by atomic mass is 9.98. The summed E-state index contributed by atoms with van der Waals surface area (Å²) in [4.78, 5) is 19.3. The maximum Gasteiger partial charge on any atom is 0.239 e. The smallest absolute Gasteiger partial charge is 0.239 e. The van der Waals surface area contributed by atoms with Crippen LogP contribution in [0.4, 0.5) is 0 Å². The van der Waals surface area contributed by atoms with Gasteiger partial charge >= 0.3 is 0 Å². The number of likely N-dealkylation sites (tertiary alicyclic amines) is 1. The highest BCUT2D eigenvalue weighted by atomic mass is 32.1. The van der Waals surface area contributed by atoms with Gasteiger partial charge in [-0.05, 0) is 38.6 Å². The molecule has 2 aliphatic heterocycles. The van der Waals surface area contributed by atoms with Crippen molar-refractivity contribution in [3.63, 3.8) is 0 Å². The van der Waals surface area contributed by atoms with E-state index in [0.29, 0.717) is 11.8 Å². The van der Waals surface area contributed by atoms with E-state index >= 15 is 0 Å². The number of hydrogen-bond donors (Lipinski definition) is 1. The second-order valence-corrected chi connectivity index (χ2v) is 6.69. The number of amides is 1. The topological polar surface area (TPSA) is 45.2 Å². The zero-order valence-electron chi connectivity index (χ0n) is 12.1. The molecule has 1 amide bonds. The van der Waals surface area contributed by atoms with Crippen molar-refractivity contribution in [3.05, 3.63) is 16.1 Å². The summed E-state index contributed by atoms with van der Waals surface area (Å²) in [6, 6.07) is 0.0660. The molecule has 0 radical (unpaired) electrons. The van der Waals surface area contributed by atoms with Gasteiger partial charge in [-0.2, -0.15) is 0 Å². The molecule has 4 nitrogen and oxygen atoms in total. The Hall–Kier alpha value is -0.940. The van der Waals surface area contributed by atoms with Crippen LogP contribution in [0.15, 0.2) is 5.38 Å². The van der Waals surface area contributed by atoms with Gasteiger partial charge in [-0.25, -0.2) is 4.98 Å². The lowest BCUT2D eigenvalue weighted by Crippen LogP contribution is -2.47. The number of nitrogens with zero attached hydrogens (tertiary/aromatic N) is 2. The van der Waals surface area contributed by atoms with Crippen LogP contribution in [0, 0.1) is 0 Å². The van der Waals surface area contributed by atoms with Gasteiger partial charge < -0.3 is 10.2 Å². The molecule has 2 unspecified atom stereocenters. The predicted octanol–water partition coefficient (Wildman–Crippen LogP) is 2.16. The number of piperidine rings is 1. The minimum atomic E-state index is 0.0660. The third kappa shape index (κ3) is 2.88. The summed E-state index contributed by atoms with van der Waals surface area (Å²) in [6.45, 7) is 4.90. The summed E-state index contributed by atoms with van der Waals surface area (Å²) >= 11 is 1.76. The van der Waals surface area contributed by atoms with Crippen molar-refractivity contribution in [2.24, 2.45) is 0 Å². The highest BCUT2D eigenvalue weighted by Crippen LogP contribution is 2.30. The molecule has 3 rings (SSSR count). The Bertz CT molecular complexity index is 467. The highest BCUT2D eigenvalue weighted by Gasteiger charge is 2.31. The quantitative estimate of drug-likeness (QED) is 0.929. The largest absolute Gasteiger partial charge is 0.341 e. The molecule has 1 N–H and O–H groups in total. The Morgan fingerprint density at radius 3 is 3.10 bits per heavy atom. The Kier molecular flexibility index (Phi) is 4.36. The second kappa shape index (κ2) is 6.22. The molecule has 2 atom stereocenters. The van der Waals surface area contributed by atoms with Crippen molar-refractivity contribution >= 4 is 17.2 Å². The monoisotopic (exact) mass is 293 g/mol. The Labute approximate surface area is 124 Å². The van der Waals surface area contributed by atoms with E-state index in [4.69, 9.17) is 4.98 Å². The van der Waals surface area contributed by atoms with Crippen molar-refractivity contribution in [2.75, 3.05) is 19.6 Å². The maximum atomic E-state index is 12.5. The van der Waals surface area contributed by atoms with E-state index in [0.717, 1.165) is 45.3 Å². The van der Waals surface area contributed by atoms with Crippen LogP contribution in [0.3, 0.4) is 0 Å². The van der Waals surface area contributed by atoms with Gasteiger partial charge in [0.2, 0.25) is 5.91 Å². The van der Waals surface area contributed by atoms with Crippen LogP contribution in [-0.4, -0.2) is 41.5 Å². The molecule has 2 saturated heterocycles. The van der Waals surface area contributed by atoms with E-state index in [1.54, 1.807) is 11.3 Å². The lowest BCUT2D eigenvalue weighted by molar-refractivity contribution is -0.134. The summed E-state index contributed by atoms with van der Waals surface area (Å²) in [5, 5.41) is 6.70. The molecule has 0 aliphatic carbocycles. The third-order valence-electron chi connectivity index (χ3n) is 4.37. The van der Waals surface area contributed by atoms with Gasteiger partial charge in [-0.3, -0.25) is 4.79 Å². The Morgan fingerprint density at radius 1 is 1.50 bits per heavy atom. The molecule has 5 heteroatoms. The molecule has 20 heavy (non-hydrogen) atoms. The molecule has 110 valence electrons. The second-order valence-electron chi connectivity index (χ2n) is 5.80. The maximum absolute atomic E-state index is 12.5. The summed E-state index contributed by atoms with van der Waals surface area (Å²) in [5.41, 5.74) is 1.19. The first-order chi connectivity index (χ1) is 9.78. The Balaban J connectivity index is 1.65. The van der Waals surface area contributed by atoms with Crippen LogP contribution in [-0.2, 0) is 11.2 Å². The summed E-state index contributed by atoms with van der Waals surface area (Å²) in [5.74, 6) is 0.749. The molecular formula is C15H23N3OS. The zero-order chi connectivity index (χ0) is 13.9. The van der Waals surface area contributed by atoms with Crippen LogP contribution in [0.5, 0.6) is 0 Å². The molecule has 0 saturated carbocycles. The lowest BCUT2D eigenvalue weighted by Gasteiger charge is -2.33. The number of aryl methyl sites for hydroxylation is 1. The van der Waals surface area contributed by atoms with E-state index in [1.807, 2.05) is 0 Å². The minimum Gasteiger partial charge on any atom is -0.341 e. The summed E-state index contributed by atoms with van der Waals surface area (Å²) < 4.78 is 0. The SMILES string of the molecule is CCc1csc(C2CCCN(C(=O)C3CCCN3)C2)n1. The molecule has 1 aromatic heterocycles. The molecule has 3 heterocycles. The van der Waals surface area contributed by atoms with E-state index in [-0.39, 0.29) is 6.04 Å². The van der Waals surface area contributed by atoms with Crippen molar-refractivity contribution in [3.8, 4) is 0 Å². The predicted molar refractivity (Wildman–Crippen MR) is 81.1 cm³/mol. The van der Waals surface area contributed by atoms with E-state index in [9.17, 15) is 4.79 Å². The van der Waals surface area contributed by atoms with Gasteiger partial charge in [-0.1, -0.05) is 6.92 Å². The van der Waals surface area contributed by atoms with E-state index in [1.165, 1.54) is 17.1 Å². The first kappa shape index (κ1) is 14.0. The fourth-order valence-corrected chi connectivity index (χ4v) is 4.20. The third-order valence-corrected chi connectivity index (χ3v) is 5.43. The van der Waals surface area contributed by atoms with Gasteiger partial charge in [0.25, 0.3) is 0 Å². The van der Waals surface area contributed by atoms with Gasteiger partial charge in [0.15, 0.2) is 0 Å². The first-order valence-corrected chi connectivity index (χ1v) is 8.62. The van der Waals surface area contributed by atoms with Crippen molar-refractivity contribution < 1.29 is 4.79 Å². The van der Waals surface area contributed by atoms with Gasteiger partial charge in [-0.15, -0.1) is 11.3 Å². The number of nitrogens with one attached hydrogen (secondary N) is 1. The minimum absolute atomic E-state index is 0.0660. The number of aromatic nitrogens is 1. The van der Waals surface area contributed by atoms with Crippen LogP contribution >= 0.6 is 11.3 Å². The number of carbonyl (C=O) groups is 1. The average Bonchev–Trinajstić information content (AvgIpc) is 3.17. The first-order valence-electron chi connectivity index (χ1n) is 7.74. The van der Waals surface area contributed by atoms with E-state index < -0.39 is 0 Å². The van der Waals surface area contributed by atoms with Crippen LogP contribution in [0.2, 0.25) is 0 Å². The molecule has 0 aromatic carbocycles. The Morgan fingerprint density at radius 2 is 2.40 bits per heavy atom. The van der Waals surface area contributed by atoms with Crippen LogP contribution in [0.25, 0.3) is 0 Å². The van der Waals surface area contributed by atoms with Crippen molar-refractivity contribution in [2.45, 2.75) is 51.0 Å². The molecule has 2 fully saturated rings. The molecule has 0 spiro atoms. The number of rotatable bonds is 3. The van der Waals surface area contributed by atoms with Gasteiger partial charge in [0.05, 0.1) is 16.7 Å². The summed E-state index contributed by atoms with van der Waals surface area (Å²) in [6.07, 6.45) is 5.39. The van der Waals surface area contributed by atoms with Gasteiger partial charge in [0.1, 0.15) is 0 Å². The fraction of sp³-hybridized carbons (Fsp3) is 0.733. The molecule has 2 aliphatic rings. The van der Waals surface area contributed by atoms with E-state index in [2.05, 4.69) is 22.5 Å². The van der Waals surface area contributed by atoms with Gasteiger partial charge in [0, 0.05) is 24.4 Å².